The van der Waals surface area contributed by atoms with Gasteiger partial charge in [0, 0.05) is 12.6 Å². The van der Waals surface area contributed by atoms with Crippen molar-refractivity contribution in [1.82, 2.24) is 9.55 Å². The summed E-state index contributed by atoms with van der Waals surface area (Å²) >= 11 is 0. The molecule has 0 radical (unpaired) electrons. The van der Waals surface area contributed by atoms with Gasteiger partial charge in [0.1, 0.15) is 0 Å². The molecule has 1 aromatic heterocycles. The van der Waals surface area contributed by atoms with Gasteiger partial charge in [-0.2, -0.15) is 0 Å². The summed E-state index contributed by atoms with van der Waals surface area (Å²) in [6, 6.07) is 10.7. The predicted molar refractivity (Wildman–Crippen MR) is 67.0 cm³/mol. The Bertz CT molecular complexity index is 607. The van der Waals surface area contributed by atoms with Crippen molar-refractivity contribution >= 4 is 0 Å². The minimum Gasteiger partial charge on any atom is -0.307 e. The standard InChI is InChI=1S/C13H12N2O2/c1-2-8-15-12(16)9-11(14-13(15)17)10-6-4-3-5-7-10/h2-7,9H,1,8H2,(H,14,17). The van der Waals surface area contributed by atoms with Crippen LogP contribution in [0.2, 0.25) is 0 Å². The summed E-state index contributed by atoms with van der Waals surface area (Å²) in [4.78, 5) is 26.1. The Kier molecular flexibility index (Phi) is 3.05. The van der Waals surface area contributed by atoms with Crippen LogP contribution in [0.1, 0.15) is 0 Å². The van der Waals surface area contributed by atoms with Crippen LogP contribution in [0.25, 0.3) is 11.3 Å². The van der Waals surface area contributed by atoms with E-state index in [1.165, 1.54) is 12.1 Å². The Morgan fingerprint density at radius 2 is 1.94 bits per heavy atom. The molecule has 1 N–H and O–H groups in total. The first-order chi connectivity index (χ1) is 8.22. The van der Waals surface area contributed by atoms with Crippen LogP contribution in [0.5, 0.6) is 0 Å². The Morgan fingerprint density at radius 1 is 1.24 bits per heavy atom. The number of nitrogens with one attached hydrogen (secondary N) is 1. The third-order valence-corrected chi connectivity index (χ3v) is 2.42. The van der Waals surface area contributed by atoms with Crippen molar-refractivity contribution in [2.75, 3.05) is 0 Å². The van der Waals surface area contributed by atoms with Crippen LogP contribution in [0.4, 0.5) is 0 Å². The summed E-state index contributed by atoms with van der Waals surface area (Å²) in [5, 5.41) is 0. The van der Waals surface area contributed by atoms with Crippen molar-refractivity contribution in [3.63, 3.8) is 0 Å². The van der Waals surface area contributed by atoms with E-state index < -0.39 is 5.69 Å². The number of hydrogen-bond donors (Lipinski definition) is 1. The lowest BCUT2D eigenvalue weighted by Crippen LogP contribution is -2.34. The SMILES string of the molecule is C=CCn1c(=O)cc(-c2ccccc2)[nH]c1=O. The molecule has 86 valence electrons. The van der Waals surface area contributed by atoms with Crippen molar-refractivity contribution in [3.8, 4) is 11.3 Å². The predicted octanol–water partition coefficient (Wildman–Crippen LogP) is 1.39. The minimum atomic E-state index is -0.420. The largest absolute Gasteiger partial charge is 0.329 e. The van der Waals surface area contributed by atoms with Crippen molar-refractivity contribution in [3.05, 3.63) is 69.9 Å². The summed E-state index contributed by atoms with van der Waals surface area (Å²) in [5.41, 5.74) is 0.595. The van der Waals surface area contributed by atoms with Gasteiger partial charge in [0.2, 0.25) is 0 Å². The summed E-state index contributed by atoms with van der Waals surface area (Å²) in [6.45, 7) is 3.72. The molecule has 2 aromatic rings. The summed E-state index contributed by atoms with van der Waals surface area (Å²) in [6.07, 6.45) is 1.51. The molecule has 0 aliphatic rings. The van der Waals surface area contributed by atoms with E-state index in [4.69, 9.17) is 0 Å². The lowest BCUT2D eigenvalue weighted by molar-refractivity contribution is 0.716. The highest BCUT2D eigenvalue weighted by molar-refractivity contribution is 5.57. The molecular weight excluding hydrogens is 216 g/mol. The van der Waals surface area contributed by atoms with Crippen LogP contribution in [0.3, 0.4) is 0 Å². The number of allylic oxidation sites excluding steroid dienone is 1. The van der Waals surface area contributed by atoms with Crippen molar-refractivity contribution < 1.29 is 0 Å². The molecule has 0 saturated carbocycles. The van der Waals surface area contributed by atoms with E-state index in [1.807, 2.05) is 30.3 Å². The Morgan fingerprint density at radius 3 is 2.53 bits per heavy atom. The van der Waals surface area contributed by atoms with Gasteiger partial charge in [-0.15, -0.1) is 6.58 Å². The quantitative estimate of drug-likeness (QED) is 0.807. The van der Waals surface area contributed by atoms with E-state index in [9.17, 15) is 9.59 Å². The van der Waals surface area contributed by atoms with Crippen molar-refractivity contribution in [1.29, 1.82) is 0 Å². The fourth-order valence-corrected chi connectivity index (χ4v) is 1.60. The molecule has 2 rings (SSSR count). The van der Waals surface area contributed by atoms with Crippen molar-refractivity contribution in [2.24, 2.45) is 0 Å². The van der Waals surface area contributed by atoms with Crippen molar-refractivity contribution in [2.45, 2.75) is 6.54 Å². The number of rotatable bonds is 3. The molecule has 0 spiro atoms. The maximum atomic E-state index is 11.7. The number of H-pyrrole nitrogens is 1. The molecule has 0 aliphatic carbocycles. The van der Waals surface area contributed by atoms with Gasteiger partial charge in [-0.05, 0) is 5.56 Å². The molecule has 0 saturated heterocycles. The zero-order valence-electron chi connectivity index (χ0n) is 9.22. The highest BCUT2D eigenvalue weighted by atomic mass is 16.2. The third-order valence-electron chi connectivity index (χ3n) is 2.42. The van der Waals surface area contributed by atoms with E-state index >= 15 is 0 Å². The maximum Gasteiger partial charge on any atom is 0.329 e. The summed E-state index contributed by atoms with van der Waals surface area (Å²) < 4.78 is 1.10. The van der Waals surface area contributed by atoms with Gasteiger partial charge in [-0.25, -0.2) is 4.79 Å². The molecule has 0 amide bonds. The Labute approximate surface area is 97.9 Å². The van der Waals surface area contributed by atoms with Gasteiger partial charge in [0.05, 0.1) is 5.69 Å². The molecule has 0 atom stereocenters. The number of aromatic amines is 1. The summed E-state index contributed by atoms with van der Waals surface area (Å²) in [7, 11) is 0. The molecular formula is C13H12N2O2. The minimum absolute atomic E-state index is 0.212. The van der Waals surface area contributed by atoms with E-state index in [0.29, 0.717) is 5.69 Å². The second-order valence-electron chi connectivity index (χ2n) is 3.59. The average molecular weight is 228 g/mol. The topological polar surface area (TPSA) is 54.9 Å². The van der Waals surface area contributed by atoms with Crippen LogP contribution in [-0.4, -0.2) is 9.55 Å². The Hall–Kier alpha value is -2.36. The summed E-state index contributed by atoms with van der Waals surface area (Å²) in [5.74, 6) is 0. The molecule has 4 nitrogen and oxygen atoms in total. The molecule has 0 aliphatic heterocycles. The van der Waals surface area contributed by atoms with Gasteiger partial charge in [0.25, 0.3) is 5.56 Å². The molecule has 17 heavy (non-hydrogen) atoms. The van der Waals surface area contributed by atoms with Gasteiger partial charge < -0.3 is 4.98 Å². The number of nitrogens with zero attached hydrogens (tertiary/aromatic N) is 1. The van der Waals surface area contributed by atoms with E-state index in [-0.39, 0.29) is 12.1 Å². The zero-order valence-corrected chi connectivity index (χ0v) is 9.22. The fourth-order valence-electron chi connectivity index (χ4n) is 1.60. The van der Waals surface area contributed by atoms with Crippen LogP contribution < -0.4 is 11.2 Å². The van der Waals surface area contributed by atoms with Crippen LogP contribution in [0, 0.1) is 0 Å². The smallest absolute Gasteiger partial charge is 0.307 e. The first-order valence-electron chi connectivity index (χ1n) is 5.23. The highest BCUT2D eigenvalue weighted by Crippen LogP contribution is 2.12. The Balaban J connectivity index is 2.57. The monoisotopic (exact) mass is 228 g/mol. The van der Waals surface area contributed by atoms with Crippen LogP contribution >= 0.6 is 0 Å². The van der Waals surface area contributed by atoms with Gasteiger partial charge >= 0.3 is 5.69 Å². The number of aromatic nitrogens is 2. The first kappa shape index (κ1) is 11.1. The molecule has 1 heterocycles. The molecule has 0 unspecified atom stereocenters. The van der Waals surface area contributed by atoms with Crippen LogP contribution in [0.15, 0.2) is 58.6 Å². The van der Waals surface area contributed by atoms with Gasteiger partial charge in [0.15, 0.2) is 0 Å². The zero-order chi connectivity index (χ0) is 12.3. The van der Waals surface area contributed by atoms with E-state index in [1.54, 1.807) is 0 Å². The van der Waals surface area contributed by atoms with Gasteiger partial charge in [-0.3, -0.25) is 9.36 Å². The lowest BCUT2D eigenvalue weighted by atomic mass is 10.1. The molecule has 1 aromatic carbocycles. The molecule has 0 bridgehead atoms. The second kappa shape index (κ2) is 4.65. The number of hydrogen-bond acceptors (Lipinski definition) is 2. The first-order valence-corrected chi connectivity index (χ1v) is 5.23. The lowest BCUT2D eigenvalue weighted by Gasteiger charge is -2.04. The third kappa shape index (κ3) is 2.25. The second-order valence-corrected chi connectivity index (χ2v) is 3.59. The fraction of sp³-hybridized carbons (Fsp3) is 0.0769. The normalized spacial score (nSPS) is 10.1. The molecule has 4 heteroatoms. The highest BCUT2D eigenvalue weighted by Gasteiger charge is 2.04. The molecule has 0 fully saturated rings. The average Bonchev–Trinajstić information content (AvgIpc) is 2.35. The van der Waals surface area contributed by atoms with Gasteiger partial charge in [-0.1, -0.05) is 36.4 Å². The van der Waals surface area contributed by atoms with E-state index in [2.05, 4.69) is 11.6 Å². The van der Waals surface area contributed by atoms with E-state index in [0.717, 1.165) is 10.1 Å². The number of benzene rings is 1. The van der Waals surface area contributed by atoms with Crippen LogP contribution in [-0.2, 0) is 6.54 Å². The maximum absolute atomic E-state index is 11.7.